The van der Waals surface area contributed by atoms with E-state index in [9.17, 15) is 0 Å². The summed E-state index contributed by atoms with van der Waals surface area (Å²) in [5.74, 6) is 1.47. The van der Waals surface area contributed by atoms with Crippen LogP contribution in [0.3, 0.4) is 0 Å². The predicted molar refractivity (Wildman–Crippen MR) is 66.4 cm³/mol. The fourth-order valence-electron chi connectivity index (χ4n) is 1.31. The average Bonchev–Trinajstić information content (AvgIpc) is 1.82. The molecule has 0 N–H and O–H groups in total. The topological polar surface area (TPSA) is 0 Å². The van der Waals surface area contributed by atoms with Gasteiger partial charge in [0.25, 0.3) is 0 Å². The molecule has 0 saturated heterocycles. The van der Waals surface area contributed by atoms with Gasteiger partial charge < -0.3 is 0 Å². The van der Waals surface area contributed by atoms with Gasteiger partial charge in [-0.05, 0) is 12.8 Å². The fraction of sp³-hybridized carbons (Fsp3) is 1.00. The van der Waals surface area contributed by atoms with E-state index in [1.165, 1.54) is 0 Å². The van der Waals surface area contributed by atoms with Gasteiger partial charge in [-0.2, -0.15) is 0 Å². The molecule has 0 aliphatic heterocycles. The summed E-state index contributed by atoms with van der Waals surface area (Å²) >= 11 is 13.5. The number of alkyl halides is 2. The first kappa shape index (κ1) is 13.9. The van der Waals surface area contributed by atoms with Crippen molar-refractivity contribution in [3.8, 4) is 0 Å². The van der Waals surface area contributed by atoms with Crippen molar-refractivity contribution in [3.05, 3.63) is 0 Å². The van der Waals surface area contributed by atoms with E-state index in [1.54, 1.807) is 0 Å². The standard InChI is InChI=1S/C10H20Cl2S/c1-9(2,5-7-11)13-10(3,4)6-8-12/h5-8H2,1-4H3. The van der Waals surface area contributed by atoms with Crippen molar-refractivity contribution in [1.29, 1.82) is 0 Å². The minimum atomic E-state index is 0.261. The molecule has 0 heterocycles. The van der Waals surface area contributed by atoms with E-state index < -0.39 is 0 Å². The lowest BCUT2D eigenvalue weighted by molar-refractivity contribution is 0.635. The minimum Gasteiger partial charge on any atom is -0.149 e. The summed E-state index contributed by atoms with van der Waals surface area (Å²) < 4.78 is 0.522. The van der Waals surface area contributed by atoms with Crippen LogP contribution in [0.15, 0.2) is 0 Å². The average molecular weight is 243 g/mol. The Balaban J connectivity index is 4.07. The number of rotatable bonds is 6. The van der Waals surface area contributed by atoms with Gasteiger partial charge in [0, 0.05) is 21.3 Å². The molecule has 0 fully saturated rings. The van der Waals surface area contributed by atoms with Gasteiger partial charge in [-0.15, -0.1) is 35.0 Å². The second kappa shape index (κ2) is 5.72. The Morgan fingerprint density at radius 2 is 1.15 bits per heavy atom. The van der Waals surface area contributed by atoms with E-state index in [0.29, 0.717) is 0 Å². The number of thioether (sulfide) groups is 1. The Kier molecular flexibility index (Phi) is 6.13. The van der Waals surface area contributed by atoms with Crippen molar-refractivity contribution in [2.45, 2.75) is 50.0 Å². The highest BCUT2D eigenvalue weighted by Crippen LogP contribution is 2.40. The normalized spacial score (nSPS) is 13.4. The van der Waals surface area contributed by atoms with Crippen molar-refractivity contribution in [3.63, 3.8) is 0 Å². The third-order valence-electron chi connectivity index (χ3n) is 1.95. The van der Waals surface area contributed by atoms with Crippen LogP contribution >= 0.6 is 35.0 Å². The molecule has 80 valence electrons. The fourth-order valence-corrected chi connectivity index (χ4v) is 4.38. The molecule has 0 radical (unpaired) electrons. The monoisotopic (exact) mass is 242 g/mol. The highest BCUT2D eigenvalue weighted by atomic mass is 35.5. The Bertz CT molecular complexity index is 128. The Hall–Kier alpha value is 0.930. The molecule has 0 amide bonds. The minimum absolute atomic E-state index is 0.261. The lowest BCUT2D eigenvalue weighted by atomic mass is 10.1. The highest BCUT2D eigenvalue weighted by Gasteiger charge is 2.28. The second-order valence-electron chi connectivity index (χ2n) is 4.50. The van der Waals surface area contributed by atoms with Crippen LogP contribution in [0.1, 0.15) is 40.5 Å². The van der Waals surface area contributed by atoms with E-state index in [2.05, 4.69) is 27.7 Å². The Morgan fingerprint density at radius 3 is 1.38 bits per heavy atom. The van der Waals surface area contributed by atoms with Gasteiger partial charge in [0.1, 0.15) is 0 Å². The summed E-state index contributed by atoms with van der Waals surface area (Å²) in [5, 5.41) is 0. The van der Waals surface area contributed by atoms with Crippen molar-refractivity contribution < 1.29 is 0 Å². The highest BCUT2D eigenvalue weighted by molar-refractivity contribution is 8.01. The molecular weight excluding hydrogens is 223 g/mol. The number of halogens is 2. The van der Waals surface area contributed by atoms with Crippen LogP contribution in [0.4, 0.5) is 0 Å². The van der Waals surface area contributed by atoms with E-state index >= 15 is 0 Å². The smallest absolute Gasteiger partial charge is 0.0236 e. The molecule has 0 rings (SSSR count). The zero-order chi connectivity index (χ0) is 10.5. The zero-order valence-corrected chi connectivity index (χ0v) is 11.3. The van der Waals surface area contributed by atoms with Crippen molar-refractivity contribution in [1.82, 2.24) is 0 Å². The lowest BCUT2D eigenvalue weighted by Gasteiger charge is -2.33. The molecule has 0 nitrogen and oxygen atoms in total. The maximum atomic E-state index is 5.75. The largest absolute Gasteiger partial charge is 0.149 e. The Morgan fingerprint density at radius 1 is 0.846 bits per heavy atom. The van der Waals surface area contributed by atoms with Crippen LogP contribution in [0, 0.1) is 0 Å². The summed E-state index contributed by atoms with van der Waals surface area (Å²) in [6, 6.07) is 0. The van der Waals surface area contributed by atoms with Crippen molar-refractivity contribution in [2.24, 2.45) is 0 Å². The first-order valence-corrected chi connectivity index (χ1v) is 6.54. The van der Waals surface area contributed by atoms with Gasteiger partial charge in [-0.3, -0.25) is 0 Å². The molecule has 0 saturated carbocycles. The molecule has 0 bridgehead atoms. The maximum Gasteiger partial charge on any atom is 0.0236 e. The van der Waals surface area contributed by atoms with E-state index in [4.69, 9.17) is 23.2 Å². The van der Waals surface area contributed by atoms with Gasteiger partial charge in [-0.1, -0.05) is 27.7 Å². The molecule has 0 spiro atoms. The quantitative estimate of drug-likeness (QED) is 0.617. The van der Waals surface area contributed by atoms with Crippen molar-refractivity contribution >= 4 is 35.0 Å². The van der Waals surface area contributed by atoms with E-state index in [1.807, 2.05) is 11.8 Å². The lowest BCUT2D eigenvalue weighted by Crippen LogP contribution is -2.27. The summed E-state index contributed by atoms with van der Waals surface area (Å²) in [5.41, 5.74) is 0. The summed E-state index contributed by atoms with van der Waals surface area (Å²) in [4.78, 5) is 0. The second-order valence-corrected chi connectivity index (χ2v) is 7.67. The maximum absolute atomic E-state index is 5.75. The molecule has 0 aromatic carbocycles. The first-order valence-electron chi connectivity index (χ1n) is 4.65. The summed E-state index contributed by atoms with van der Waals surface area (Å²) in [6.45, 7) is 8.98. The zero-order valence-electron chi connectivity index (χ0n) is 8.99. The molecular formula is C10H20Cl2S. The first-order chi connectivity index (χ1) is 5.83. The van der Waals surface area contributed by atoms with Crippen LogP contribution < -0.4 is 0 Å². The summed E-state index contributed by atoms with van der Waals surface area (Å²) in [6.07, 6.45) is 2.09. The van der Waals surface area contributed by atoms with Crippen LogP contribution in [0.2, 0.25) is 0 Å². The Labute approximate surface area is 96.8 Å². The third-order valence-corrected chi connectivity index (χ3v) is 3.84. The molecule has 0 aromatic rings. The SMILES string of the molecule is CC(C)(CCCl)SC(C)(C)CCCl. The molecule has 13 heavy (non-hydrogen) atoms. The summed E-state index contributed by atoms with van der Waals surface area (Å²) in [7, 11) is 0. The van der Waals surface area contributed by atoms with Crippen molar-refractivity contribution in [2.75, 3.05) is 11.8 Å². The van der Waals surface area contributed by atoms with E-state index in [0.717, 1.165) is 24.6 Å². The van der Waals surface area contributed by atoms with Gasteiger partial charge >= 0.3 is 0 Å². The molecule has 0 aliphatic carbocycles. The molecule has 0 aromatic heterocycles. The molecule has 3 heteroatoms. The number of hydrogen-bond acceptors (Lipinski definition) is 1. The van der Waals surface area contributed by atoms with Gasteiger partial charge in [0.05, 0.1) is 0 Å². The van der Waals surface area contributed by atoms with Crippen LogP contribution in [0.25, 0.3) is 0 Å². The van der Waals surface area contributed by atoms with Crippen LogP contribution in [-0.4, -0.2) is 21.3 Å². The molecule has 0 unspecified atom stereocenters. The number of hydrogen-bond donors (Lipinski definition) is 0. The van der Waals surface area contributed by atoms with Gasteiger partial charge in [0.15, 0.2) is 0 Å². The van der Waals surface area contributed by atoms with Crippen LogP contribution in [-0.2, 0) is 0 Å². The molecule has 0 aliphatic rings. The van der Waals surface area contributed by atoms with Crippen LogP contribution in [0.5, 0.6) is 0 Å². The van der Waals surface area contributed by atoms with Gasteiger partial charge in [-0.25, -0.2) is 0 Å². The van der Waals surface area contributed by atoms with E-state index in [-0.39, 0.29) is 9.49 Å². The third kappa shape index (κ3) is 6.93. The predicted octanol–water partition coefficient (Wildman–Crippen LogP) is 4.53. The van der Waals surface area contributed by atoms with Gasteiger partial charge in [0.2, 0.25) is 0 Å². The molecule has 0 atom stereocenters.